The van der Waals surface area contributed by atoms with Crippen molar-refractivity contribution in [2.24, 2.45) is 23.5 Å². The first-order chi connectivity index (χ1) is 15.1. The van der Waals surface area contributed by atoms with Gasteiger partial charge in [-0.2, -0.15) is 0 Å². The van der Waals surface area contributed by atoms with E-state index < -0.39 is 6.04 Å². The van der Waals surface area contributed by atoms with Gasteiger partial charge in [0.2, 0.25) is 11.8 Å². The minimum atomic E-state index is -0.596. The van der Waals surface area contributed by atoms with Gasteiger partial charge in [-0.3, -0.25) is 9.59 Å². The maximum absolute atomic E-state index is 13.4. The molecule has 4 fully saturated rings. The third kappa shape index (κ3) is 4.13. The van der Waals surface area contributed by atoms with E-state index in [2.05, 4.69) is 4.90 Å². The van der Waals surface area contributed by atoms with E-state index in [4.69, 9.17) is 5.73 Å². The molecule has 0 aromatic heterocycles. The standard InChI is InChI=1S/C26H37N3O2/c27-25(19-10-5-2-6-11-19)26(31)28-16-20-15-21(17-28)23(14-18-8-3-1-4-9-18)29-22(20)12-7-13-24(29)30/h2,5-6,10-11,18,20-23,25H,1,3-4,7-9,12-17,27H2/t20-,21+,22+,23+,25+/m1/s1. The fourth-order valence-electron chi connectivity index (χ4n) is 7.02. The number of carbonyl (C=O) groups excluding carboxylic acids is 2. The van der Waals surface area contributed by atoms with Crippen LogP contribution >= 0.6 is 0 Å². The van der Waals surface area contributed by atoms with Crippen molar-refractivity contribution in [3.8, 4) is 0 Å². The van der Waals surface area contributed by atoms with Crippen LogP contribution in [0.4, 0.5) is 0 Å². The van der Waals surface area contributed by atoms with Crippen LogP contribution in [0.2, 0.25) is 0 Å². The molecule has 5 atom stereocenters. The monoisotopic (exact) mass is 423 g/mol. The average molecular weight is 424 g/mol. The summed E-state index contributed by atoms with van der Waals surface area (Å²) in [5.41, 5.74) is 7.29. The Morgan fingerprint density at radius 1 is 1.00 bits per heavy atom. The van der Waals surface area contributed by atoms with Gasteiger partial charge in [0.15, 0.2) is 0 Å². The normalized spacial score (nSPS) is 32.5. The first-order valence-corrected chi connectivity index (χ1v) is 12.5. The molecule has 2 N–H and O–H groups in total. The van der Waals surface area contributed by atoms with Gasteiger partial charge in [-0.15, -0.1) is 0 Å². The molecule has 1 saturated carbocycles. The van der Waals surface area contributed by atoms with Crippen molar-refractivity contribution < 1.29 is 9.59 Å². The molecule has 1 aromatic rings. The van der Waals surface area contributed by atoms with Gasteiger partial charge in [-0.1, -0.05) is 62.4 Å². The molecule has 5 rings (SSSR count). The van der Waals surface area contributed by atoms with Crippen LogP contribution in [-0.2, 0) is 9.59 Å². The number of fused-ring (bicyclic) bond motifs is 4. The Labute approximate surface area is 186 Å². The van der Waals surface area contributed by atoms with Crippen molar-refractivity contribution in [2.45, 2.75) is 82.3 Å². The Balaban J connectivity index is 1.37. The van der Waals surface area contributed by atoms with Gasteiger partial charge >= 0.3 is 0 Å². The molecule has 31 heavy (non-hydrogen) atoms. The van der Waals surface area contributed by atoms with Crippen LogP contribution in [0.1, 0.15) is 75.8 Å². The van der Waals surface area contributed by atoms with Crippen LogP contribution in [-0.4, -0.2) is 46.8 Å². The number of hydrogen-bond acceptors (Lipinski definition) is 3. The second-order valence-corrected chi connectivity index (χ2v) is 10.5. The lowest BCUT2D eigenvalue weighted by atomic mass is 9.69. The molecule has 1 aromatic carbocycles. The van der Waals surface area contributed by atoms with Gasteiger partial charge in [0.25, 0.3) is 0 Å². The molecule has 3 saturated heterocycles. The average Bonchev–Trinajstić information content (AvgIpc) is 2.82. The fourth-order valence-corrected chi connectivity index (χ4v) is 7.02. The van der Waals surface area contributed by atoms with Gasteiger partial charge in [-0.25, -0.2) is 0 Å². The van der Waals surface area contributed by atoms with Crippen LogP contribution in [0, 0.1) is 17.8 Å². The van der Waals surface area contributed by atoms with Crippen molar-refractivity contribution in [1.82, 2.24) is 9.80 Å². The van der Waals surface area contributed by atoms with E-state index in [0.717, 1.165) is 50.3 Å². The molecule has 3 aliphatic heterocycles. The fraction of sp³-hybridized carbons (Fsp3) is 0.692. The van der Waals surface area contributed by atoms with Gasteiger partial charge < -0.3 is 15.5 Å². The number of amides is 2. The number of rotatable bonds is 4. The lowest BCUT2D eigenvalue weighted by Gasteiger charge is -2.57. The summed E-state index contributed by atoms with van der Waals surface area (Å²) in [6.07, 6.45) is 11.7. The molecule has 168 valence electrons. The Morgan fingerprint density at radius 3 is 2.52 bits per heavy atom. The van der Waals surface area contributed by atoms with Crippen molar-refractivity contribution >= 4 is 11.8 Å². The third-order valence-electron chi connectivity index (χ3n) is 8.53. The summed E-state index contributed by atoms with van der Waals surface area (Å²) in [6.45, 7) is 1.50. The Morgan fingerprint density at radius 2 is 1.74 bits per heavy atom. The Hall–Kier alpha value is -1.88. The molecule has 2 bridgehead atoms. The Bertz CT molecular complexity index is 791. The molecule has 0 unspecified atom stereocenters. The SMILES string of the molecule is N[C@H](C(=O)N1C[C@H]2C[C@@H](C1)[C@H](CC1CCCCC1)N1C(=O)CCC[C@@H]21)c1ccccc1. The zero-order valence-electron chi connectivity index (χ0n) is 18.6. The van der Waals surface area contributed by atoms with Crippen LogP contribution < -0.4 is 5.73 Å². The van der Waals surface area contributed by atoms with E-state index in [-0.39, 0.29) is 5.91 Å². The van der Waals surface area contributed by atoms with Gasteiger partial charge in [0.05, 0.1) is 0 Å². The summed E-state index contributed by atoms with van der Waals surface area (Å²) < 4.78 is 0. The molecular weight excluding hydrogens is 386 g/mol. The van der Waals surface area contributed by atoms with Crippen LogP contribution in [0.5, 0.6) is 0 Å². The number of nitrogens with two attached hydrogens (primary N) is 1. The number of piperidine rings is 3. The Kier molecular flexibility index (Phi) is 6.05. The molecule has 1 aliphatic carbocycles. The lowest BCUT2D eigenvalue weighted by molar-refractivity contribution is -0.158. The highest BCUT2D eigenvalue weighted by Crippen LogP contribution is 2.45. The van der Waals surface area contributed by atoms with Crippen LogP contribution in [0.15, 0.2) is 30.3 Å². The lowest BCUT2D eigenvalue weighted by Crippen LogP contribution is -2.66. The molecule has 0 spiro atoms. The smallest absolute Gasteiger partial charge is 0.244 e. The molecule has 2 amide bonds. The topological polar surface area (TPSA) is 66.6 Å². The van der Waals surface area contributed by atoms with Gasteiger partial charge in [0, 0.05) is 31.6 Å². The van der Waals surface area contributed by atoms with Crippen LogP contribution in [0.3, 0.4) is 0 Å². The second-order valence-electron chi connectivity index (χ2n) is 10.5. The second kappa shape index (κ2) is 8.93. The highest BCUT2D eigenvalue weighted by Gasteiger charge is 2.50. The van der Waals surface area contributed by atoms with E-state index in [0.29, 0.717) is 36.2 Å². The van der Waals surface area contributed by atoms with E-state index in [1.807, 2.05) is 35.2 Å². The molecule has 5 nitrogen and oxygen atoms in total. The van der Waals surface area contributed by atoms with Crippen LogP contribution in [0.25, 0.3) is 0 Å². The summed E-state index contributed by atoms with van der Waals surface area (Å²) in [5.74, 6) is 1.95. The van der Waals surface area contributed by atoms with E-state index in [1.54, 1.807) is 0 Å². The maximum Gasteiger partial charge on any atom is 0.244 e. The van der Waals surface area contributed by atoms with Crippen molar-refractivity contribution in [2.75, 3.05) is 13.1 Å². The number of hydrogen-bond donors (Lipinski definition) is 1. The predicted octanol–water partition coefficient (Wildman–Crippen LogP) is 3.88. The van der Waals surface area contributed by atoms with Crippen molar-refractivity contribution in [3.05, 3.63) is 35.9 Å². The molecule has 4 aliphatic rings. The first kappa shape index (κ1) is 21.0. The highest BCUT2D eigenvalue weighted by atomic mass is 16.2. The molecule has 3 heterocycles. The largest absolute Gasteiger partial charge is 0.340 e. The van der Waals surface area contributed by atoms with Gasteiger partial charge in [0.1, 0.15) is 6.04 Å². The summed E-state index contributed by atoms with van der Waals surface area (Å²) in [5, 5.41) is 0. The first-order valence-electron chi connectivity index (χ1n) is 12.5. The molecule has 5 heteroatoms. The van der Waals surface area contributed by atoms with Crippen molar-refractivity contribution in [1.29, 1.82) is 0 Å². The zero-order chi connectivity index (χ0) is 21.4. The van der Waals surface area contributed by atoms with E-state index in [9.17, 15) is 9.59 Å². The maximum atomic E-state index is 13.4. The highest BCUT2D eigenvalue weighted by molar-refractivity contribution is 5.83. The minimum Gasteiger partial charge on any atom is -0.340 e. The number of nitrogens with zero attached hydrogens (tertiary/aromatic N) is 2. The summed E-state index contributed by atoms with van der Waals surface area (Å²) in [7, 11) is 0. The third-order valence-corrected chi connectivity index (χ3v) is 8.53. The number of likely N-dealkylation sites (tertiary alicyclic amines) is 1. The zero-order valence-corrected chi connectivity index (χ0v) is 18.6. The quantitative estimate of drug-likeness (QED) is 0.799. The van der Waals surface area contributed by atoms with Gasteiger partial charge in [-0.05, 0) is 49.0 Å². The summed E-state index contributed by atoms with van der Waals surface area (Å²) in [6, 6.07) is 9.76. The number of benzene rings is 1. The van der Waals surface area contributed by atoms with E-state index >= 15 is 0 Å². The van der Waals surface area contributed by atoms with Crippen molar-refractivity contribution in [3.63, 3.8) is 0 Å². The molecule has 0 radical (unpaired) electrons. The molecular formula is C26H37N3O2. The minimum absolute atomic E-state index is 0.0490. The van der Waals surface area contributed by atoms with E-state index in [1.165, 1.54) is 32.1 Å². The number of carbonyl (C=O) groups is 2. The predicted molar refractivity (Wildman–Crippen MR) is 121 cm³/mol. The summed E-state index contributed by atoms with van der Waals surface area (Å²) >= 11 is 0. The summed E-state index contributed by atoms with van der Waals surface area (Å²) in [4.78, 5) is 30.8.